The van der Waals surface area contributed by atoms with Crippen LogP contribution in [0.5, 0.6) is 0 Å². The lowest BCUT2D eigenvalue weighted by atomic mass is 9.70. The van der Waals surface area contributed by atoms with E-state index >= 15 is 0 Å². The quantitative estimate of drug-likeness (QED) is 0.786. The lowest BCUT2D eigenvalue weighted by molar-refractivity contribution is -0.118. The van der Waals surface area contributed by atoms with Crippen LogP contribution in [0.2, 0.25) is 0 Å². The topological polar surface area (TPSA) is 20.3 Å². The van der Waals surface area contributed by atoms with Crippen molar-refractivity contribution in [1.82, 2.24) is 0 Å². The number of carbonyl (C=O) groups excluding carboxylic acids is 1. The van der Waals surface area contributed by atoms with Crippen molar-refractivity contribution in [2.45, 2.75) is 39.0 Å². The SMILES string of the molecule is CC1CCCC(C=O)(CN2CCc3ccc(F)cc32)C1. The number of carbonyl (C=O) groups is 1. The van der Waals surface area contributed by atoms with Crippen LogP contribution < -0.4 is 4.90 Å². The van der Waals surface area contributed by atoms with Crippen molar-refractivity contribution in [3.63, 3.8) is 0 Å². The van der Waals surface area contributed by atoms with Gasteiger partial charge >= 0.3 is 0 Å². The molecule has 0 bridgehead atoms. The highest BCUT2D eigenvalue weighted by atomic mass is 19.1. The third-order valence-corrected chi connectivity index (χ3v) is 4.92. The van der Waals surface area contributed by atoms with Crippen LogP contribution in [0.3, 0.4) is 0 Å². The first-order valence-corrected chi connectivity index (χ1v) is 7.62. The van der Waals surface area contributed by atoms with Crippen LogP contribution in [-0.4, -0.2) is 19.4 Å². The molecule has 3 rings (SSSR count). The first-order chi connectivity index (χ1) is 9.62. The predicted octanol–water partition coefficient (Wildman–Crippen LogP) is 3.58. The third-order valence-electron chi connectivity index (χ3n) is 4.92. The molecule has 1 aromatic carbocycles. The summed E-state index contributed by atoms with van der Waals surface area (Å²) in [6.07, 6.45) is 6.42. The average Bonchev–Trinajstić information content (AvgIpc) is 2.81. The van der Waals surface area contributed by atoms with E-state index in [0.29, 0.717) is 5.92 Å². The molecular weight excluding hydrogens is 253 g/mol. The molecule has 1 aliphatic heterocycles. The second kappa shape index (κ2) is 5.19. The molecule has 3 heteroatoms. The zero-order valence-electron chi connectivity index (χ0n) is 12.1. The molecule has 108 valence electrons. The minimum absolute atomic E-state index is 0.187. The van der Waals surface area contributed by atoms with E-state index in [2.05, 4.69) is 11.8 Å². The molecule has 1 saturated carbocycles. The number of fused-ring (bicyclic) bond motifs is 1. The Hall–Kier alpha value is -1.38. The molecule has 0 N–H and O–H groups in total. The first kappa shape index (κ1) is 13.6. The van der Waals surface area contributed by atoms with Crippen molar-refractivity contribution in [3.05, 3.63) is 29.6 Å². The van der Waals surface area contributed by atoms with Gasteiger partial charge in [-0.2, -0.15) is 0 Å². The summed E-state index contributed by atoms with van der Waals surface area (Å²) in [7, 11) is 0. The molecule has 0 saturated heterocycles. The Labute approximate surface area is 120 Å². The summed E-state index contributed by atoms with van der Waals surface area (Å²) in [6.45, 7) is 3.88. The summed E-state index contributed by atoms with van der Waals surface area (Å²) in [5.74, 6) is 0.427. The first-order valence-electron chi connectivity index (χ1n) is 7.62. The summed E-state index contributed by atoms with van der Waals surface area (Å²) >= 11 is 0. The van der Waals surface area contributed by atoms with Crippen molar-refractivity contribution >= 4 is 12.0 Å². The highest BCUT2D eigenvalue weighted by molar-refractivity contribution is 5.64. The molecule has 1 fully saturated rings. The van der Waals surface area contributed by atoms with Gasteiger partial charge in [0.2, 0.25) is 0 Å². The van der Waals surface area contributed by atoms with Gasteiger partial charge < -0.3 is 9.69 Å². The number of halogens is 1. The molecule has 1 heterocycles. The monoisotopic (exact) mass is 275 g/mol. The lowest BCUT2D eigenvalue weighted by Gasteiger charge is -2.39. The van der Waals surface area contributed by atoms with E-state index in [1.165, 1.54) is 24.3 Å². The van der Waals surface area contributed by atoms with E-state index < -0.39 is 0 Å². The van der Waals surface area contributed by atoms with E-state index in [1.54, 1.807) is 6.07 Å². The van der Waals surface area contributed by atoms with Crippen molar-refractivity contribution in [1.29, 1.82) is 0 Å². The van der Waals surface area contributed by atoms with Crippen LogP contribution in [0.25, 0.3) is 0 Å². The number of aldehydes is 1. The zero-order valence-corrected chi connectivity index (χ0v) is 12.1. The molecule has 0 aromatic heterocycles. The van der Waals surface area contributed by atoms with Gasteiger partial charge in [0.15, 0.2) is 0 Å². The number of nitrogens with zero attached hydrogens (tertiary/aromatic N) is 1. The van der Waals surface area contributed by atoms with Gasteiger partial charge in [-0.25, -0.2) is 4.39 Å². The second-order valence-corrected chi connectivity index (χ2v) is 6.63. The normalized spacial score (nSPS) is 29.3. The summed E-state index contributed by atoms with van der Waals surface area (Å²) in [5.41, 5.74) is 1.96. The molecule has 1 aromatic rings. The van der Waals surface area contributed by atoms with Gasteiger partial charge in [0.1, 0.15) is 12.1 Å². The fourth-order valence-corrected chi connectivity index (χ4v) is 3.95. The summed E-state index contributed by atoms with van der Waals surface area (Å²) in [4.78, 5) is 13.9. The fraction of sp³-hybridized carbons (Fsp3) is 0.588. The van der Waals surface area contributed by atoms with E-state index in [4.69, 9.17) is 0 Å². The maximum absolute atomic E-state index is 13.5. The van der Waals surface area contributed by atoms with E-state index in [0.717, 1.165) is 44.5 Å². The zero-order chi connectivity index (χ0) is 14.2. The van der Waals surface area contributed by atoms with Crippen LogP contribution in [0.1, 0.15) is 38.2 Å². The van der Waals surface area contributed by atoms with E-state index in [1.807, 2.05) is 6.07 Å². The standard InChI is InChI=1S/C17H22FNO/c1-13-3-2-7-17(10-13,12-20)11-19-8-6-14-4-5-15(18)9-16(14)19/h4-5,9,12-13H,2-3,6-8,10-11H2,1H3. The molecule has 2 unspecified atom stereocenters. The number of rotatable bonds is 3. The minimum atomic E-state index is -0.231. The van der Waals surface area contributed by atoms with E-state index in [-0.39, 0.29) is 11.2 Å². The molecule has 2 atom stereocenters. The molecular formula is C17H22FNO. The van der Waals surface area contributed by atoms with Gasteiger partial charge in [-0.15, -0.1) is 0 Å². The molecule has 1 aliphatic carbocycles. The van der Waals surface area contributed by atoms with Gasteiger partial charge in [0, 0.05) is 24.2 Å². The van der Waals surface area contributed by atoms with Crippen molar-refractivity contribution in [3.8, 4) is 0 Å². The Kier molecular flexibility index (Phi) is 3.53. The second-order valence-electron chi connectivity index (χ2n) is 6.63. The van der Waals surface area contributed by atoms with Crippen molar-refractivity contribution in [2.75, 3.05) is 18.0 Å². The molecule has 0 spiro atoms. The van der Waals surface area contributed by atoms with Gasteiger partial charge in [-0.3, -0.25) is 0 Å². The van der Waals surface area contributed by atoms with Gasteiger partial charge in [-0.05, 0) is 42.9 Å². The number of hydrogen-bond donors (Lipinski definition) is 0. The maximum Gasteiger partial charge on any atom is 0.127 e. The highest BCUT2D eigenvalue weighted by Gasteiger charge is 2.37. The number of benzene rings is 1. The van der Waals surface area contributed by atoms with Crippen molar-refractivity contribution in [2.24, 2.45) is 11.3 Å². The average molecular weight is 275 g/mol. The molecule has 2 nitrogen and oxygen atoms in total. The van der Waals surface area contributed by atoms with Gasteiger partial charge in [0.05, 0.1) is 0 Å². The molecule has 2 aliphatic rings. The minimum Gasteiger partial charge on any atom is -0.370 e. The van der Waals surface area contributed by atoms with Gasteiger partial charge in [0.25, 0.3) is 0 Å². The smallest absolute Gasteiger partial charge is 0.127 e. The van der Waals surface area contributed by atoms with Crippen molar-refractivity contribution < 1.29 is 9.18 Å². The maximum atomic E-state index is 13.5. The third kappa shape index (κ3) is 2.46. The number of anilines is 1. The highest BCUT2D eigenvalue weighted by Crippen LogP contribution is 2.40. The summed E-state index contributed by atoms with van der Waals surface area (Å²) in [5, 5.41) is 0. The summed E-state index contributed by atoms with van der Waals surface area (Å²) in [6, 6.07) is 5.02. The fourth-order valence-electron chi connectivity index (χ4n) is 3.95. The summed E-state index contributed by atoms with van der Waals surface area (Å²) < 4.78 is 13.5. The Balaban J connectivity index is 1.82. The van der Waals surface area contributed by atoms with Crippen LogP contribution in [-0.2, 0) is 11.2 Å². The lowest BCUT2D eigenvalue weighted by Crippen LogP contribution is -2.41. The Morgan fingerprint density at radius 1 is 1.50 bits per heavy atom. The molecule has 0 amide bonds. The molecule has 0 radical (unpaired) electrons. The van der Waals surface area contributed by atoms with Crippen LogP contribution in [0, 0.1) is 17.2 Å². The Morgan fingerprint density at radius 2 is 2.35 bits per heavy atom. The molecule has 20 heavy (non-hydrogen) atoms. The number of hydrogen-bond acceptors (Lipinski definition) is 2. The van der Waals surface area contributed by atoms with Crippen LogP contribution >= 0.6 is 0 Å². The Morgan fingerprint density at radius 3 is 3.10 bits per heavy atom. The van der Waals surface area contributed by atoms with E-state index in [9.17, 15) is 9.18 Å². The predicted molar refractivity (Wildman–Crippen MR) is 78.4 cm³/mol. The van der Waals surface area contributed by atoms with Crippen LogP contribution in [0.15, 0.2) is 18.2 Å². The Bertz CT molecular complexity index is 516. The largest absolute Gasteiger partial charge is 0.370 e. The van der Waals surface area contributed by atoms with Crippen LogP contribution in [0.4, 0.5) is 10.1 Å². The van der Waals surface area contributed by atoms with Gasteiger partial charge in [-0.1, -0.05) is 25.8 Å².